The molecule has 1 aromatic heterocycles. The molecule has 0 bridgehead atoms. The van der Waals surface area contributed by atoms with Gasteiger partial charge in [-0.3, -0.25) is 4.79 Å². The number of thiazole rings is 1. The van der Waals surface area contributed by atoms with Crippen molar-refractivity contribution in [3.05, 3.63) is 58.1 Å². The normalized spacial score (nSPS) is 10.9. The summed E-state index contributed by atoms with van der Waals surface area (Å²) < 4.78 is 1.18. The Hall–Kier alpha value is -1.56. The maximum atomic E-state index is 12.0. The monoisotopic (exact) mass is 362 g/mol. The minimum Gasteiger partial charge on any atom is -0.325 e. The van der Waals surface area contributed by atoms with Crippen molar-refractivity contribution in [2.24, 2.45) is 0 Å². The Morgan fingerprint density at radius 2 is 2.09 bits per heavy atom. The summed E-state index contributed by atoms with van der Waals surface area (Å²) in [7, 11) is 0. The Morgan fingerprint density at radius 3 is 2.91 bits per heavy atom. The Morgan fingerprint density at radius 1 is 1.26 bits per heavy atom. The van der Waals surface area contributed by atoms with Crippen molar-refractivity contribution >= 4 is 56.5 Å². The van der Waals surface area contributed by atoms with E-state index in [9.17, 15) is 4.79 Å². The topological polar surface area (TPSA) is 42.0 Å². The number of hydrogen-bond acceptors (Lipinski definition) is 4. The molecule has 1 heterocycles. The van der Waals surface area contributed by atoms with Crippen LogP contribution in [0.15, 0.2) is 42.5 Å². The highest BCUT2D eigenvalue weighted by molar-refractivity contribution is 7.99. The fraction of sp³-hybridized carbons (Fsp3) is 0.176. The summed E-state index contributed by atoms with van der Waals surface area (Å²) in [4.78, 5) is 16.6. The van der Waals surface area contributed by atoms with Gasteiger partial charge >= 0.3 is 0 Å². The lowest BCUT2D eigenvalue weighted by atomic mass is 10.2. The molecule has 1 N–H and O–H groups in total. The first-order chi connectivity index (χ1) is 11.1. The Balaban J connectivity index is 1.54. The third kappa shape index (κ3) is 4.05. The average molecular weight is 363 g/mol. The molecule has 0 aliphatic carbocycles. The summed E-state index contributed by atoms with van der Waals surface area (Å²) in [5.41, 5.74) is 2.67. The standard InChI is InChI=1S/C17H15ClN2OS2/c1-11-12(18)5-4-7-13(11)19-16(21)9-22-10-17-20-14-6-2-3-8-15(14)23-17/h2-8H,9-10H2,1H3,(H,19,21). The number of carbonyl (C=O) groups is 1. The third-order valence-electron chi connectivity index (χ3n) is 3.34. The van der Waals surface area contributed by atoms with E-state index in [1.165, 1.54) is 4.70 Å². The maximum absolute atomic E-state index is 12.0. The van der Waals surface area contributed by atoms with Gasteiger partial charge in [-0.05, 0) is 36.8 Å². The van der Waals surface area contributed by atoms with Crippen molar-refractivity contribution in [3.63, 3.8) is 0 Å². The summed E-state index contributed by atoms with van der Waals surface area (Å²) in [6.45, 7) is 1.90. The molecule has 1 amide bonds. The molecule has 3 rings (SSSR count). The van der Waals surface area contributed by atoms with Crippen LogP contribution in [0.1, 0.15) is 10.6 Å². The fourth-order valence-electron chi connectivity index (χ4n) is 2.14. The summed E-state index contributed by atoms with van der Waals surface area (Å²) in [6.07, 6.45) is 0. The minimum atomic E-state index is -0.0264. The van der Waals surface area contributed by atoms with E-state index >= 15 is 0 Å². The van der Waals surface area contributed by atoms with Gasteiger partial charge in [-0.1, -0.05) is 29.8 Å². The highest BCUT2D eigenvalue weighted by Crippen LogP contribution is 2.25. The predicted octanol–water partition coefficient (Wildman–Crippen LogP) is 5.13. The lowest BCUT2D eigenvalue weighted by molar-refractivity contribution is -0.113. The zero-order valence-corrected chi connectivity index (χ0v) is 14.9. The van der Waals surface area contributed by atoms with Crippen molar-refractivity contribution in [2.45, 2.75) is 12.7 Å². The van der Waals surface area contributed by atoms with Gasteiger partial charge in [0.05, 0.1) is 16.0 Å². The van der Waals surface area contributed by atoms with Gasteiger partial charge in [0.2, 0.25) is 5.91 Å². The van der Waals surface area contributed by atoms with Crippen LogP contribution in [-0.4, -0.2) is 16.6 Å². The van der Waals surface area contributed by atoms with Gasteiger partial charge in [0.1, 0.15) is 5.01 Å². The highest BCUT2D eigenvalue weighted by atomic mass is 35.5. The minimum absolute atomic E-state index is 0.0264. The van der Waals surface area contributed by atoms with Crippen LogP contribution in [0.25, 0.3) is 10.2 Å². The van der Waals surface area contributed by atoms with Crippen molar-refractivity contribution < 1.29 is 4.79 Å². The number of rotatable bonds is 5. The maximum Gasteiger partial charge on any atom is 0.234 e. The number of nitrogens with zero attached hydrogens (tertiary/aromatic N) is 1. The van der Waals surface area contributed by atoms with E-state index in [0.29, 0.717) is 10.8 Å². The quantitative estimate of drug-likeness (QED) is 0.684. The number of para-hydroxylation sites is 1. The fourth-order valence-corrected chi connectivity index (χ4v) is 4.16. The number of nitrogens with one attached hydrogen (secondary N) is 1. The van der Waals surface area contributed by atoms with E-state index in [2.05, 4.69) is 16.4 Å². The van der Waals surface area contributed by atoms with E-state index in [1.807, 2.05) is 43.3 Å². The summed E-state index contributed by atoms with van der Waals surface area (Å²) in [5.74, 6) is 1.10. The van der Waals surface area contributed by atoms with Crippen molar-refractivity contribution in [1.82, 2.24) is 4.98 Å². The second kappa shape index (κ2) is 7.34. The molecule has 23 heavy (non-hydrogen) atoms. The largest absolute Gasteiger partial charge is 0.325 e. The van der Waals surface area contributed by atoms with Crippen molar-refractivity contribution in [1.29, 1.82) is 0 Å². The lowest BCUT2D eigenvalue weighted by Crippen LogP contribution is -2.15. The number of aromatic nitrogens is 1. The Kier molecular flexibility index (Phi) is 5.20. The van der Waals surface area contributed by atoms with Crippen molar-refractivity contribution in [2.75, 3.05) is 11.1 Å². The van der Waals surface area contributed by atoms with Crippen LogP contribution in [0.2, 0.25) is 5.02 Å². The number of fused-ring (bicyclic) bond motifs is 1. The zero-order valence-electron chi connectivity index (χ0n) is 12.5. The second-order valence-electron chi connectivity index (χ2n) is 5.03. The number of carbonyl (C=O) groups excluding carboxylic acids is 1. The number of anilines is 1. The number of thioether (sulfide) groups is 1. The van der Waals surface area contributed by atoms with Crippen LogP contribution in [-0.2, 0) is 10.5 Å². The smallest absolute Gasteiger partial charge is 0.234 e. The van der Waals surface area contributed by atoms with Crippen LogP contribution in [0.5, 0.6) is 0 Å². The number of amides is 1. The highest BCUT2D eigenvalue weighted by Gasteiger charge is 2.08. The molecule has 0 fully saturated rings. The first-order valence-corrected chi connectivity index (χ1v) is 9.45. The molecule has 0 unspecified atom stereocenters. The van der Waals surface area contributed by atoms with Gasteiger partial charge in [-0.25, -0.2) is 4.98 Å². The molecule has 3 nitrogen and oxygen atoms in total. The summed E-state index contributed by atoms with van der Waals surface area (Å²) >= 11 is 9.30. The number of benzene rings is 2. The van der Waals surface area contributed by atoms with E-state index in [-0.39, 0.29) is 5.91 Å². The molecule has 0 atom stereocenters. The van der Waals surface area contributed by atoms with Gasteiger partial charge in [-0.2, -0.15) is 0 Å². The molecule has 3 aromatic rings. The zero-order chi connectivity index (χ0) is 16.2. The van der Waals surface area contributed by atoms with Crippen molar-refractivity contribution in [3.8, 4) is 0 Å². The van der Waals surface area contributed by atoms with E-state index in [4.69, 9.17) is 11.6 Å². The van der Waals surface area contributed by atoms with Gasteiger partial charge in [0.15, 0.2) is 0 Å². The molecular weight excluding hydrogens is 348 g/mol. The van der Waals surface area contributed by atoms with E-state index in [1.54, 1.807) is 23.1 Å². The van der Waals surface area contributed by atoms with Crippen LogP contribution >= 0.6 is 34.7 Å². The summed E-state index contributed by atoms with van der Waals surface area (Å²) in [5, 5.41) is 4.60. The number of halogens is 1. The molecule has 118 valence electrons. The Labute approximate surface area is 148 Å². The molecule has 0 spiro atoms. The third-order valence-corrected chi connectivity index (χ3v) is 5.91. The Bertz CT molecular complexity index is 814. The van der Waals surface area contributed by atoms with Crippen LogP contribution in [0.4, 0.5) is 5.69 Å². The van der Waals surface area contributed by atoms with Crippen LogP contribution in [0.3, 0.4) is 0 Å². The number of hydrogen-bond donors (Lipinski definition) is 1. The molecular formula is C17H15ClN2OS2. The summed E-state index contributed by atoms with van der Waals surface area (Å²) in [6, 6.07) is 13.6. The first-order valence-electron chi connectivity index (χ1n) is 7.10. The van der Waals surface area contributed by atoms with E-state index in [0.717, 1.165) is 27.5 Å². The predicted molar refractivity (Wildman–Crippen MR) is 101 cm³/mol. The SMILES string of the molecule is Cc1c(Cl)cccc1NC(=O)CSCc1nc2ccccc2s1. The van der Waals surface area contributed by atoms with Gasteiger partial charge < -0.3 is 5.32 Å². The van der Waals surface area contributed by atoms with Gasteiger partial charge in [-0.15, -0.1) is 23.1 Å². The lowest BCUT2D eigenvalue weighted by Gasteiger charge is -2.09. The van der Waals surface area contributed by atoms with Crippen LogP contribution in [0, 0.1) is 6.92 Å². The van der Waals surface area contributed by atoms with Gasteiger partial charge in [0.25, 0.3) is 0 Å². The van der Waals surface area contributed by atoms with Crippen LogP contribution < -0.4 is 5.32 Å². The van der Waals surface area contributed by atoms with Gasteiger partial charge in [0, 0.05) is 16.5 Å². The molecule has 6 heteroatoms. The molecule has 0 aliphatic heterocycles. The molecule has 0 aliphatic rings. The second-order valence-corrected chi connectivity index (χ2v) is 7.54. The molecule has 2 aromatic carbocycles. The average Bonchev–Trinajstić information content (AvgIpc) is 2.94. The molecule has 0 saturated heterocycles. The molecule has 0 radical (unpaired) electrons. The van der Waals surface area contributed by atoms with E-state index < -0.39 is 0 Å². The molecule has 0 saturated carbocycles. The first kappa shape index (κ1) is 16.3.